The summed E-state index contributed by atoms with van der Waals surface area (Å²) in [5.74, 6) is 2.12. The third-order valence-electron chi connectivity index (χ3n) is 4.19. The third kappa shape index (κ3) is 4.19. The van der Waals surface area contributed by atoms with Crippen LogP contribution < -0.4 is 10.3 Å². The van der Waals surface area contributed by atoms with E-state index in [0.29, 0.717) is 46.0 Å². The van der Waals surface area contributed by atoms with Gasteiger partial charge in [0.05, 0.1) is 31.5 Å². The number of rotatable bonds is 8. The van der Waals surface area contributed by atoms with E-state index in [9.17, 15) is 4.79 Å². The molecule has 0 N–H and O–H groups in total. The van der Waals surface area contributed by atoms with Crippen LogP contribution in [0.5, 0.6) is 5.75 Å². The van der Waals surface area contributed by atoms with Crippen LogP contribution in [0.4, 0.5) is 0 Å². The summed E-state index contributed by atoms with van der Waals surface area (Å²) in [6, 6.07) is 9.27. The Hall–Kier alpha value is -2.69. The molecule has 10 heteroatoms. The summed E-state index contributed by atoms with van der Waals surface area (Å²) < 4.78 is 17.9. The van der Waals surface area contributed by atoms with Gasteiger partial charge in [-0.15, -0.1) is 11.3 Å². The molecule has 3 aromatic heterocycles. The highest BCUT2D eigenvalue weighted by Crippen LogP contribution is 2.25. The number of thiophene rings is 1. The van der Waals surface area contributed by atoms with Crippen molar-refractivity contribution in [1.82, 2.24) is 19.7 Å². The average Bonchev–Trinajstić information content (AvgIpc) is 3.41. The first-order valence-corrected chi connectivity index (χ1v) is 10.6. The first-order chi connectivity index (χ1) is 14.2. The summed E-state index contributed by atoms with van der Waals surface area (Å²) in [5, 5.41) is 6.51. The molecular formula is C19H18N4O4S2. The Morgan fingerprint density at radius 1 is 1.17 bits per heavy atom. The second-order valence-electron chi connectivity index (χ2n) is 6.01. The highest BCUT2D eigenvalue weighted by molar-refractivity contribution is 7.98. The van der Waals surface area contributed by atoms with Crippen molar-refractivity contribution in [2.75, 3.05) is 20.8 Å². The molecule has 29 heavy (non-hydrogen) atoms. The SMILES string of the molecule is COCCn1c(SCc2nc(-c3ccc(OC)cc3)no2)nc2ccsc2c1=O. The number of methoxy groups -OCH3 is 2. The van der Waals surface area contributed by atoms with E-state index in [1.807, 2.05) is 35.7 Å². The molecule has 0 bridgehead atoms. The summed E-state index contributed by atoms with van der Waals surface area (Å²) in [6.07, 6.45) is 0. The van der Waals surface area contributed by atoms with Gasteiger partial charge in [0.15, 0.2) is 5.16 Å². The van der Waals surface area contributed by atoms with Gasteiger partial charge in [-0.3, -0.25) is 9.36 Å². The van der Waals surface area contributed by atoms with Crippen molar-refractivity contribution in [1.29, 1.82) is 0 Å². The van der Waals surface area contributed by atoms with Gasteiger partial charge in [-0.25, -0.2) is 4.98 Å². The van der Waals surface area contributed by atoms with Crippen molar-refractivity contribution in [2.45, 2.75) is 17.5 Å². The van der Waals surface area contributed by atoms with Crippen LogP contribution in [0.1, 0.15) is 5.89 Å². The van der Waals surface area contributed by atoms with Gasteiger partial charge in [0.25, 0.3) is 5.56 Å². The van der Waals surface area contributed by atoms with Crippen LogP contribution in [0.3, 0.4) is 0 Å². The molecule has 0 radical (unpaired) electrons. The third-order valence-corrected chi connectivity index (χ3v) is 6.04. The second kappa shape index (κ2) is 8.76. The monoisotopic (exact) mass is 430 g/mol. The molecule has 0 spiro atoms. The van der Waals surface area contributed by atoms with Gasteiger partial charge in [0.1, 0.15) is 10.4 Å². The molecule has 8 nitrogen and oxygen atoms in total. The van der Waals surface area contributed by atoms with Gasteiger partial charge in [0.2, 0.25) is 11.7 Å². The Kier molecular flexibility index (Phi) is 5.93. The average molecular weight is 431 g/mol. The summed E-state index contributed by atoms with van der Waals surface area (Å²) >= 11 is 2.77. The van der Waals surface area contributed by atoms with E-state index < -0.39 is 0 Å². The molecule has 0 aliphatic carbocycles. The Labute approximate surface area is 174 Å². The molecule has 4 aromatic rings. The van der Waals surface area contributed by atoms with Gasteiger partial charge < -0.3 is 14.0 Å². The molecule has 150 valence electrons. The maximum absolute atomic E-state index is 12.8. The van der Waals surface area contributed by atoms with Gasteiger partial charge in [-0.1, -0.05) is 16.9 Å². The molecule has 3 heterocycles. The molecule has 1 aromatic carbocycles. The first kappa shape index (κ1) is 19.6. The van der Waals surface area contributed by atoms with Gasteiger partial charge in [-0.05, 0) is 35.7 Å². The van der Waals surface area contributed by atoms with E-state index in [1.54, 1.807) is 18.8 Å². The number of benzene rings is 1. The molecule has 0 fully saturated rings. The number of thioether (sulfide) groups is 1. The molecule has 0 amide bonds. The van der Waals surface area contributed by atoms with E-state index in [-0.39, 0.29) is 5.56 Å². The summed E-state index contributed by atoms with van der Waals surface area (Å²) in [5.41, 5.74) is 1.47. The lowest BCUT2D eigenvalue weighted by atomic mass is 10.2. The van der Waals surface area contributed by atoms with Gasteiger partial charge in [-0.2, -0.15) is 4.98 Å². The van der Waals surface area contributed by atoms with Crippen molar-refractivity contribution in [3.05, 3.63) is 52.0 Å². The van der Waals surface area contributed by atoms with E-state index in [2.05, 4.69) is 15.1 Å². The summed E-state index contributed by atoms with van der Waals surface area (Å²) in [6.45, 7) is 0.855. The molecular weight excluding hydrogens is 412 g/mol. The standard InChI is InChI=1S/C19H18N4O4S2/c1-25-9-8-23-18(24)16-14(7-10-28-16)20-19(23)29-11-15-21-17(22-27-15)12-3-5-13(26-2)6-4-12/h3-7,10H,8-9,11H2,1-2H3. The number of aromatic nitrogens is 4. The van der Waals surface area contributed by atoms with E-state index in [1.165, 1.54) is 23.1 Å². The lowest BCUT2D eigenvalue weighted by Crippen LogP contribution is -2.24. The minimum Gasteiger partial charge on any atom is -0.497 e. The maximum Gasteiger partial charge on any atom is 0.272 e. The van der Waals surface area contributed by atoms with Crippen LogP contribution in [0, 0.1) is 0 Å². The van der Waals surface area contributed by atoms with Crippen LogP contribution in [0.25, 0.3) is 21.6 Å². The summed E-state index contributed by atoms with van der Waals surface area (Å²) in [7, 11) is 3.22. The lowest BCUT2D eigenvalue weighted by Gasteiger charge is -2.10. The van der Waals surface area contributed by atoms with Crippen molar-refractivity contribution in [2.24, 2.45) is 0 Å². The van der Waals surface area contributed by atoms with Gasteiger partial charge in [0, 0.05) is 12.7 Å². The molecule has 0 saturated heterocycles. The Balaban J connectivity index is 1.55. The van der Waals surface area contributed by atoms with Crippen LogP contribution in [-0.2, 0) is 17.0 Å². The molecule has 0 atom stereocenters. The van der Waals surface area contributed by atoms with Crippen molar-refractivity contribution in [3.63, 3.8) is 0 Å². The Morgan fingerprint density at radius 3 is 2.76 bits per heavy atom. The number of ether oxygens (including phenoxy) is 2. The summed E-state index contributed by atoms with van der Waals surface area (Å²) in [4.78, 5) is 21.8. The molecule has 0 saturated carbocycles. The quantitative estimate of drug-likeness (QED) is 0.310. The predicted molar refractivity (Wildman–Crippen MR) is 112 cm³/mol. The molecule has 0 aliphatic rings. The zero-order valence-electron chi connectivity index (χ0n) is 15.8. The highest BCUT2D eigenvalue weighted by atomic mass is 32.2. The minimum absolute atomic E-state index is 0.0611. The number of hydrogen-bond acceptors (Lipinski definition) is 9. The number of fused-ring (bicyclic) bond motifs is 1. The number of nitrogens with zero attached hydrogens (tertiary/aromatic N) is 4. The fourth-order valence-electron chi connectivity index (χ4n) is 2.71. The number of hydrogen-bond donors (Lipinski definition) is 0. The second-order valence-corrected chi connectivity index (χ2v) is 7.87. The molecule has 4 rings (SSSR count). The van der Waals surface area contributed by atoms with Crippen LogP contribution in [-0.4, -0.2) is 40.5 Å². The maximum atomic E-state index is 12.8. The van der Waals surface area contributed by atoms with E-state index in [0.717, 1.165) is 11.3 Å². The van der Waals surface area contributed by atoms with Crippen molar-refractivity contribution >= 4 is 33.3 Å². The van der Waals surface area contributed by atoms with Gasteiger partial charge >= 0.3 is 0 Å². The lowest BCUT2D eigenvalue weighted by molar-refractivity contribution is 0.183. The topological polar surface area (TPSA) is 92.3 Å². The Morgan fingerprint density at radius 2 is 2.00 bits per heavy atom. The predicted octanol–water partition coefficient (Wildman–Crippen LogP) is 3.46. The smallest absolute Gasteiger partial charge is 0.272 e. The molecule has 0 aliphatic heterocycles. The molecule has 0 unspecified atom stereocenters. The van der Waals surface area contributed by atoms with Crippen molar-refractivity contribution in [3.8, 4) is 17.1 Å². The largest absolute Gasteiger partial charge is 0.497 e. The van der Waals surface area contributed by atoms with Crippen molar-refractivity contribution < 1.29 is 14.0 Å². The van der Waals surface area contributed by atoms with E-state index in [4.69, 9.17) is 14.0 Å². The van der Waals surface area contributed by atoms with Crippen LogP contribution in [0.2, 0.25) is 0 Å². The highest BCUT2D eigenvalue weighted by Gasteiger charge is 2.15. The minimum atomic E-state index is -0.0611. The fourth-order valence-corrected chi connectivity index (χ4v) is 4.35. The normalized spacial score (nSPS) is 11.2. The van der Waals surface area contributed by atoms with Crippen LogP contribution in [0.15, 0.2) is 50.2 Å². The Bertz CT molecular complexity index is 1170. The zero-order valence-corrected chi connectivity index (χ0v) is 17.5. The first-order valence-electron chi connectivity index (χ1n) is 8.76. The van der Waals surface area contributed by atoms with Crippen LogP contribution >= 0.6 is 23.1 Å². The zero-order chi connectivity index (χ0) is 20.2. The fraction of sp³-hybridized carbons (Fsp3) is 0.263. The van der Waals surface area contributed by atoms with E-state index >= 15 is 0 Å².